The van der Waals surface area contributed by atoms with Gasteiger partial charge in [0.25, 0.3) is 0 Å². The van der Waals surface area contributed by atoms with Crippen LogP contribution in [-0.2, 0) is 4.79 Å². The topological polar surface area (TPSA) is 32.8 Å². The zero-order valence-electron chi connectivity index (χ0n) is 17.9. The van der Waals surface area contributed by atoms with Gasteiger partial charge in [-0.25, -0.2) is 0 Å². The molecule has 0 N–H and O–H groups in total. The van der Waals surface area contributed by atoms with E-state index in [2.05, 4.69) is 65.6 Å². The van der Waals surface area contributed by atoms with Crippen molar-refractivity contribution in [2.75, 3.05) is 33.3 Å². The average molecular weight is 413 g/mol. The lowest BCUT2D eigenvalue weighted by Crippen LogP contribution is -2.49. The number of piperazine rings is 1. The summed E-state index contributed by atoms with van der Waals surface area (Å²) in [6.07, 6.45) is 3.49. The first-order valence-corrected chi connectivity index (χ1v) is 10.7. The van der Waals surface area contributed by atoms with E-state index in [-0.39, 0.29) is 11.9 Å². The van der Waals surface area contributed by atoms with Gasteiger partial charge in [0.05, 0.1) is 13.2 Å². The van der Waals surface area contributed by atoms with Crippen molar-refractivity contribution >= 4 is 12.0 Å². The quantitative estimate of drug-likeness (QED) is 0.553. The van der Waals surface area contributed by atoms with Crippen LogP contribution in [-0.4, -0.2) is 49.0 Å². The van der Waals surface area contributed by atoms with Crippen LogP contribution in [0.25, 0.3) is 6.08 Å². The van der Waals surface area contributed by atoms with Crippen LogP contribution in [0.4, 0.5) is 0 Å². The molecule has 0 unspecified atom stereocenters. The average Bonchev–Trinajstić information content (AvgIpc) is 2.84. The van der Waals surface area contributed by atoms with E-state index >= 15 is 0 Å². The maximum Gasteiger partial charge on any atom is 0.246 e. The van der Waals surface area contributed by atoms with Gasteiger partial charge in [-0.15, -0.1) is 0 Å². The van der Waals surface area contributed by atoms with Gasteiger partial charge in [-0.2, -0.15) is 0 Å². The van der Waals surface area contributed by atoms with E-state index in [1.807, 2.05) is 35.2 Å². The molecule has 1 amide bonds. The predicted octanol–water partition coefficient (Wildman–Crippen LogP) is 4.64. The van der Waals surface area contributed by atoms with Crippen molar-refractivity contribution in [2.24, 2.45) is 0 Å². The SMILES string of the molecule is COc1ccccc1/C=C\C(=O)N1CCN(C(c2ccccc2)c2ccccc2)CC1. The Kier molecular flexibility index (Phi) is 6.80. The van der Waals surface area contributed by atoms with Crippen LogP contribution in [0, 0.1) is 0 Å². The van der Waals surface area contributed by atoms with Crippen LogP contribution in [0.2, 0.25) is 0 Å². The van der Waals surface area contributed by atoms with E-state index in [1.165, 1.54) is 11.1 Å². The molecule has 31 heavy (non-hydrogen) atoms. The fraction of sp³-hybridized carbons (Fsp3) is 0.222. The molecule has 3 aromatic rings. The van der Waals surface area contributed by atoms with E-state index in [9.17, 15) is 4.79 Å². The third kappa shape index (κ3) is 5.04. The van der Waals surface area contributed by atoms with Crippen molar-refractivity contribution in [1.29, 1.82) is 0 Å². The Morgan fingerprint density at radius 1 is 0.806 bits per heavy atom. The molecule has 0 bridgehead atoms. The second kappa shape index (κ2) is 10.1. The molecule has 0 atom stereocenters. The number of nitrogens with zero attached hydrogens (tertiary/aromatic N) is 2. The van der Waals surface area contributed by atoms with Crippen molar-refractivity contribution in [3.05, 3.63) is 108 Å². The van der Waals surface area contributed by atoms with Crippen LogP contribution >= 0.6 is 0 Å². The van der Waals surface area contributed by atoms with Crippen molar-refractivity contribution in [1.82, 2.24) is 9.80 Å². The van der Waals surface area contributed by atoms with E-state index in [1.54, 1.807) is 13.2 Å². The summed E-state index contributed by atoms with van der Waals surface area (Å²) in [5.74, 6) is 0.812. The summed E-state index contributed by atoms with van der Waals surface area (Å²) in [6.45, 7) is 3.10. The minimum absolute atomic E-state index is 0.0431. The lowest BCUT2D eigenvalue weighted by molar-refractivity contribution is -0.127. The molecular weight excluding hydrogens is 384 g/mol. The summed E-state index contributed by atoms with van der Waals surface area (Å²) in [6, 6.07) is 29.1. The molecule has 0 radical (unpaired) electrons. The summed E-state index contributed by atoms with van der Waals surface area (Å²) < 4.78 is 5.36. The first-order valence-electron chi connectivity index (χ1n) is 10.7. The maximum absolute atomic E-state index is 12.8. The van der Waals surface area contributed by atoms with Gasteiger partial charge in [-0.3, -0.25) is 9.69 Å². The Balaban J connectivity index is 1.44. The number of amides is 1. The molecule has 4 heteroatoms. The molecule has 4 nitrogen and oxygen atoms in total. The summed E-state index contributed by atoms with van der Waals surface area (Å²) >= 11 is 0. The normalized spacial score (nSPS) is 14.8. The number of rotatable bonds is 6. The van der Waals surface area contributed by atoms with Gasteiger partial charge in [0.15, 0.2) is 0 Å². The molecule has 0 saturated carbocycles. The molecule has 1 aliphatic rings. The zero-order valence-corrected chi connectivity index (χ0v) is 17.9. The summed E-state index contributed by atoms with van der Waals surface area (Å²) in [5, 5.41) is 0. The number of hydrogen-bond donors (Lipinski definition) is 0. The monoisotopic (exact) mass is 412 g/mol. The van der Waals surface area contributed by atoms with Gasteiger partial charge in [0, 0.05) is 37.8 Å². The van der Waals surface area contributed by atoms with Gasteiger partial charge in [0.1, 0.15) is 5.75 Å². The number of hydrogen-bond acceptors (Lipinski definition) is 3. The lowest BCUT2D eigenvalue weighted by Gasteiger charge is -2.39. The van der Waals surface area contributed by atoms with Crippen LogP contribution in [0.1, 0.15) is 22.7 Å². The summed E-state index contributed by atoms with van der Waals surface area (Å²) in [7, 11) is 1.64. The zero-order chi connectivity index (χ0) is 21.5. The Labute approximate surface area is 184 Å². The second-order valence-electron chi connectivity index (χ2n) is 7.66. The molecule has 0 spiro atoms. The largest absolute Gasteiger partial charge is 0.496 e. The van der Waals surface area contributed by atoms with E-state index in [4.69, 9.17) is 4.74 Å². The molecule has 1 saturated heterocycles. The van der Waals surface area contributed by atoms with Gasteiger partial charge < -0.3 is 9.64 Å². The minimum Gasteiger partial charge on any atom is -0.496 e. The third-order valence-corrected chi connectivity index (χ3v) is 5.77. The van der Waals surface area contributed by atoms with Crippen LogP contribution in [0.5, 0.6) is 5.75 Å². The molecule has 1 aliphatic heterocycles. The molecule has 3 aromatic carbocycles. The predicted molar refractivity (Wildman–Crippen MR) is 125 cm³/mol. The minimum atomic E-state index is 0.0431. The third-order valence-electron chi connectivity index (χ3n) is 5.77. The van der Waals surface area contributed by atoms with Gasteiger partial charge in [-0.05, 0) is 23.3 Å². The molecule has 158 valence electrons. The highest BCUT2D eigenvalue weighted by molar-refractivity contribution is 5.92. The van der Waals surface area contributed by atoms with E-state index < -0.39 is 0 Å². The summed E-state index contributed by atoms with van der Waals surface area (Å²) in [4.78, 5) is 17.2. The van der Waals surface area contributed by atoms with Crippen LogP contribution in [0.15, 0.2) is 91.0 Å². The first-order chi connectivity index (χ1) is 15.3. The number of benzene rings is 3. The lowest BCUT2D eigenvalue weighted by atomic mass is 9.96. The highest BCUT2D eigenvalue weighted by atomic mass is 16.5. The van der Waals surface area contributed by atoms with Gasteiger partial charge in [0.2, 0.25) is 5.91 Å². The molecule has 1 heterocycles. The molecule has 1 fully saturated rings. The molecule has 0 aliphatic carbocycles. The fourth-order valence-electron chi connectivity index (χ4n) is 4.16. The Bertz CT molecular complexity index is 970. The van der Waals surface area contributed by atoms with Crippen LogP contribution < -0.4 is 4.74 Å². The van der Waals surface area contributed by atoms with Gasteiger partial charge in [-0.1, -0.05) is 78.9 Å². The molecular formula is C27H28N2O2. The second-order valence-corrected chi connectivity index (χ2v) is 7.66. The van der Waals surface area contributed by atoms with Crippen molar-refractivity contribution in [3.63, 3.8) is 0 Å². The van der Waals surface area contributed by atoms with Crippen molar-refractivity contribution < 1.29 is 9.53 Å². The highest BCUT2D eigenvalue weighted by Crippen LogP contribution is 2.29. The van der Waals surface area contributed by atoms with E-state index in [0.29, 0.717) is 13.1 Å². The number of methoxy groups -OCH3 is 1. The smallest absolute Gasteiger partial charge is 0.246 e. The van der Waals surface area contributed by atoms with Crippen LogP contribution in [0.3, 0.4) is 0 Å². The highest BCUT2D eigenvalue weighted by Gasteiger charge is 2.27. The van der Waals surface area contributed by atoms with E-state index in [0.717, 1.165) is 24.4 Å². The maximum atomic E-state index is 12.8. The number of para-hydroxylation sites is 1. The Morgan fingerprint density at radius 3 is 1.94 bits per heavy atom. The number of carbonyl (C=O) groups excluding carboxylic acids is 1. The molecule has 0 aromatic heterocycles. The van der Waals surface area contributed by atoms with Gasteiger partial charge >= 0.3 is 0 Å². The van der Waals surface area contributed by atoms with Crippen molar-refractivity contribution in [3.8, 4) is 5.75 Å². The van der Waals surface area contributed by atoms with Crippen molar-refractivity contribution in [2.45, 2.75) is 6.04 Å². The fourth-order valence-corrected chi connectivity index (χ4v) is 4.16. The Hall–Kier alpha value is -3.37. The number of ether oxygens (including phenoxy) is 1. The molecule has 4 rings (SSSR count). The Morgan fingerprint density at radius 2 is 1.35 bits per heavy atom. The first kappa shape index (κ1) is 20.9. The number of carbonyl (C=O) groups is 1. The summed E-state index contributed by atoms with van der Waals surface area (Å²) in [5.41, 5.74) is 3.47. The standard InChI is InChI=1S/C27H28N2O2/c1-31-25-15-9-8-10-22(25)16-17-26(30)28-18-20-29(21-19-28)27(23-11-4-2-5-12-23)24-13-6-3-7-14-24/h2-17,27H,18-21H2,1H3/b17-16-.